The minimum atomic E-state index is -0.653. The maximum absolute atomic E-state index is 11.6. The van der Waals surface area contributed by atoms with Gasteiger partial charge in [0.25, 0.3) is 0 Å². The van der Waals surface area contributed by atoms with Crippen molar-refractivity contribution in [2.45, 2.75) is 19.4 Å². The van der Waals surface area contributed by atoms with Crippen LogP contribution in [0.4, 0.5) is 10.5 Å². The number of hydrogen-bond donors (Lipinski definition) is 2. The van der Waals surface area contributed by atoms with E-state index in [1.54, 1.807) is 11.3 Å². The Bertz CT molecular complexity index is 849. The summed E-state index contributed by atoms with van der Waals surface area (Å²) in [5.41, 5.74) is 2.81. The van der Waals surface area contributed by atoms with Crippen molar-refractivity contribution in [3.63, 3.8) is 0 Å². The molecule has 1 amide bonds. The second kappa shape index (κ2) is 4.08. The zero-order valence-corrected chi connectivity index (χ0v) is 12.4. The van der Waals surface area contributed by atoms with Crippen LogP contribution in [0.2, 0.25) is 0 Å². The molecule has 2 N–H and O–H groups in total. The molecule has 0 spiro atoms. The molecule has 1 aliphatic rings. The van der Waals surface area contributed by atoms with E-state index in [0.29, 0.717) is 0 Å². The summed E-state index contributed by atoms with van der Waals surface area (Å²) < 4.78 is 5.35. The first-order valence-electron chi connectivity index (χ1n) is 6.61. The highest BCUT2D eigenvalue weighted by molar-refractivity contribution is 7.13. The van der Waals surface area contributed by atoms with Gasteiger partial charge in [0.1, 0.15) is 11.4 Å². The van der Waals surface area contributed by atoms with Gasteiger partial charge in [-0.3, -0.25) is 5.32 Å². The molecule has 0 bridgehead atoms. The Balaban J connectivity index is 1.92. The number of carbonyl (C=O) groups excluding carboxylic acids is 1. The molecule has 1 aliphatic heterocycles. The minimum Gasteiger partial charge on any atom is -0.438 e. The second-order valence-electron chi connectivity index (χ2n) is 5.50. The molecule has 0 atom stereocenters. The highest BCUT2D eigenvalue weighted by atomic mass is 32.1. The number of amides is 1. The number of nitrogens with zero attached hydrogens (tertiary/aromatic N) is 1. The summed E-state index contributed by atoms with van der Waals surface area (Å²) in [5.74, 6) is 0.840. The van der Waals surface area contributed by atoms with Crippen molar-refractivity contribution in [1.82, 2.24) is 9.97 Å². The van der Waals surface area contributed by atoms with Crippen LogP contribution >= 0.6 is 11.3 Å². The van der Waals surface area contributed by atoms with Crippen LogP contribution in [0, 0.1) is 0 Å². The van der Waals surface area contributed by atoms with Crippen molar-refractivity contribution < 1.29 is 9.53 Å². The lowest BCUT2D eigenvalue weighted by Crippen LogP contribution is -2.34. The Hall–Kier alpha value is -2.34. The third kappa shape index (κ3) is 1.91. The van der Waals surface area contributed by atoms with E-state index in [2.05, 4.69) is 15.3 Å². The zero-order chi connectivity index (χ0) is 14.6. The summed E-state index contributed by atoms with van der Waals surface area (Å²) in [6.07, 6.45) is -0.430. The Morgan fingerprint density at radius 3 is 2.95 bits per heavy atom. The van der Waals surface area contributed by atoms with Crippen LogP contribution in [-0.4, -0.2) is 16.1 Å². The van der Waals surface area contributed by atoms with Crippen LogP contribution < -0.4 is 5.32 Å². The predicted octanol–water partition coefficient (Wildman–Crippen LogP) is 4.09. The van der Waals surface area contributed by atoms with Gasteiger partial charge in [0.05, 0.1) is 21.6 Å². The van der Waals surface area contributed by atoms with Gasteiger partial charge in [0.15, 0.2) is 0 Å². The van der Waals surface area contributed by atoms with Gasteiger partial charge < -0.3 is 9.72 Å². The molecule has 0 unspecified atom stereocenters. The van der Waals surface area contributed by atoms with Gasteiger partial charge in [-0.05, 0) is 37.4 Å². The Labute approximate surface area is 125 Å². The van der Waals surface area contributed by atoms with Gasteiger partial charge in [0, 0.05) is 5.56 Å². The van der Waals surface area contributed by atoms with Crippen molar-refractivity contribution in [3.8, 4) is 10.7 Å². The topological polar surface area (TPSA) is 67.0 Å². The first kappa shape index (κ1) is 12.4. The van der Waals surface area contributed by atoms with Gasteiger partial charge in [-0.2, -0.15) is 0 Å². The first-order chi connectivity index (χ1) is 10.0. The van der Waals surface area contributed by atoms with E-state index in [1.165, 1.54) is 0 Å². The van der Waals surface area contributed by atoms with E-state index in [0.717, 1.165) is 33.0 Å². The quantitative estimate of drug-likeness (QED) is 0.711. The number of aromatic nitrogens is 2. The Morgan fingerprint density at radius 1 is 1.33 bits per heavy atom. The summed E-state index contributed by atoms with van der Waals surface area (Å²) >= 11 is 1.64. The summed E-state index contributed by atoms with van der Waals surface area (Å²) in [6, 6.07) is 7.90. The van der Waals surface area contributed by atoms with Crippen molar-refractivity contribution in [1.29, 1.82) is 0 Å². The van der Waals surface area contributed by atoms with Crippen LogP contribution in [0.3, 0.4) is 0 Å². The van der Waals surface area contributed by atoms with Gasteiger partial charge in [-0.1, -0.05) is 6.07 Å². The van der Waals surface area contributed by atoms with Crippen molar-refractivity contribution in [3.05, 3.63) is 35.2 Å². The number of ether oxygens (including phenoxy) is 1. The molecule has 0 aliphatic carbocycles. The normalized spacial score (nSPS) is 16.4. The summed E-state index contributed by atoms with van der Waals surface area (Å²) in [6.45, 7) is 3.76. The highest BCUT2D eigenvalue weighted by Gasteiger charge is 2.34. The molecular weight excluding hydrogens is 286 g/mol. The number of hydrogen-bond acceptors (Lipinski definition) is 4. The second-order valence-corrected chi connectivity index (χ2v) is 6.45. The molecule has 0 fully saturated rings. The molecule has 3 heterocycles. The van der Waals surface area contributed by atoms with Gasteiger partial charge in [-0.15, -0.1) is 11.3 Å². The number of anilines is 1. The molecular formula is C15H13N3O2S. The standard InChI is InChI=1S/C15H13N3O2S/c1-15(2)8-6-10-11(7-9(8)18-14(19)20-15)17-13(16-10)12-4-3-5-21-12/h3-7H,1-2H3,(H,16,17)(H,18,19). The number of nitrogens with one attached hydrogen (secondary N) is 2. The largest absolute Gasteiger partial charge is 0.438 e. The van der Waals surface area contributed by atoms with E-state index in [-0.39, 0.29) is 0 Å². The average molecular weight is 299 g/mol. The minimum absolute atomic E-state index is 0.430. The van der Waals surface area contributed by atoms with Crippen molar-refractivity contribution in [2.75, 3.05) is 5.32 Å². The maximum atomic E-state index is 11.6. The van der Waals surface area contributed by atoms with Gasteiger partial charge in [-0.25, -0.2) is 9.78 Å². The molecule has 1 aromatic carbocycles. The summed E-state index contributed by atoms with van der Waals surface area (Å²) in [4.78, 5) is 20.6. The fourth-order valence-electron chi connectivity index (χ4n) is 2.61. The number of carbonyl (C=O) groups is 1. The molecule has 2 aromatic heterocycles. The van der Waals surface area contributed by atoms with Crippen molar-refractivity contribution >= 4 is 34.2 Å². The maximum Gasteiger partial charge on any atom is 0.412 e. The van der Waals surface area contributed by atoms with E-state index in [9.17, 15) is 4.79 Å². The van der Waals surface area contributed by atoms with E-state index < -0.39 is 11.7 Å². The van der Waals surface area contributed by atoms with Crippen LogP contribution in [-0.2, 0) is 10.3 Å². The molecule has 5 nitrogen and oxygen atoms in total. The number of thiophene rings is 1. The van der Waals surface area contributed by atoms with Crippen molar-refractivity contribution in [2.24, 2.45) is 0 Å². The molecule has 0 saturated carbocycles. The highest BCUT2D eigenvalue weighted by Crippen LogP contribution is 2.38. The molecule has 21 heavy (non-hydrogen) atoms. The Kier molecular flexibility index (Phi) is 2.41. The van der Waals surface area contributed by atoms with Crippen LogP contribution in [0.25, 0.3) is 21.7 Å². The van der Waals surface area contributed by atoms with Gasteiger partial charge >= 0.3 is 6.09 Å². The van der Waals surface area contributed by atoms with Gasteiger partial charge in [0.2, 0.25) is 0 Å². The predicted molar refractivity (Wildman–Crippen MR) is 82.5 cm³/mol. The molecule has 6 heteroatoms. The SMILES string of the molecule is CC1(C)OC(=O)Nc2cc3nc(-c4cccs4)[nH]c3cc21. The third-order valence-corrected chi connectivity index (χ3v) is 4.49. The molecule has 3 aromatic rings. The number of aromatic amines is 1. The smallest absolute Gasteiger partial charge is 0.412 e. The number of H-pyrrole nitrogens is 1. The third-order valence-electron chi connectivity index (χ3n) is 3.61. The molecule has 4 rings (SSSR count). The lowest BCUT2D eigenvalue weighted by molar-refractivity contribution is 0.0421. The lowest BCUT2D eigenvalue weighted by Gasteiger charge is -2.32. The van der Waals surface area contributed by atoms with Crippen LogP contribution in [0.15, 0.2) is 29.6 Å². The van der Waals surface area contributed by atoms with E-state index in [4.69, 9.17) is 4.74 Å². The average Bonchev–Trinajstić information content (AvgIpc) is 3.04. The first-order valence-corrected chi connectivity index (χ1v) is 7.49. The monoisotopic (exact) mass is 299 g/mol. The van der Waals surface area contributed by atoms with E-state index in [1.807, 2.05) is 43.5 Å². The number of fused-ring (bicyclic) bond motifs is 2. The number of benzene rings is 1. The molecule has 0 saturated heterocycles. The Morgan fingerprint density at radius 2 is 2.19 bits per heavy atom. The number of imidazole rings is 1. The molecule has 106 valence electrons. The number of cyclic esters (lactones) is 1. The fourth-order valence-corrected chi connectivity index (χ4v) is 3.28. The van der Waals surface area contributed by atoms with E-state index >= 15 is 0 Å². The zero-order valence-electron chi connectivity index (χ0n) is 11.6. The van der Waals surface area contributed by atoms with Crippen LogP contribution in [0.1, 0.15) is 19.4 Å². The molecule has 0 radical (unpaired) electrons. The summed E-state index contributed by atoms with van der Waals surface area (Å²) in [7, 11) is 0. The lowest BCUT2D eigenvalue weighted by atomic mass is 9.94. The number of rotatable bonds is 1. The fraction of sp³-hybridized carbons (Fsp3) is 0.200. The summed E-state index contributed by atoms with van der Waals surface area (Å²) in [5, 5.41) is 4.76. The van der Waals surface area contributed by atoms with Crippen LogP contribution in [0.5, 0.6) is 0 Å².